The SMILES string of the molecule is CC(Sc1nc(N)c(C#N)c(-c2ccc(O)cc2)c1C#N)C(=O)O. The van der Waals surface area contributed by atoms with Crippen molar-refractivity contribution in [2.75, 3.05) is 5.73 Å². The van der Waals surface area contributed by atoms with Crippen molar-refractivity contribution in [1.29, 1.82) is 10.5 Å². The van der Waals surface area contributed by atoms with Gasteiger partial charge in [0, 0.05) is 5.56 Å². The van der Waals surface area contributed by atoms with Crippen molar-refractivity contribution in [3.63, 3.8) is 0 Å². The van der Waals surface area contributed by atoms with Gasteiger partial charge >= 0.3 is 5.97 Å². The monoisotopic (exact) mass is 340 g/mol. The van der Waals surface area contributed by atoms with E-state index in [1.54, 1.807) is 12.1 Å². The van der Waals surface area contributed by atoms with Crippen molar-refractivity contribution in [3.8, 4) is 29.0 Å². The summed E-state index contributed by atoms with van der Waals surface area (Å²) >= 11 is 0.876. The Kier molecular flexibility index (Phi) is 4.93. The Labute approximate surface area is 142 Å². The number of nitrogens with zero attached hydrogens (tertiary/aromatic N) is 3. The van der Waals surface area contributed by atoms with Gasteiger partial charge in [-0.15, -0.1) is 0 Å². The van der Waals surface area contributed by atoms with Gasteiger partial charge in [-0.1, -0.05) is 23.9 Å². The number of anilines is 1. The molecule has 1 heterocycles. The molecule has 0 amide bonds. The van der Waals surface area contributed by atoms with Crippen LogP contribution < -0.4 is 5.73 Å². The zero-order valence-electron chi connectivity index (χ0n) is 12.5. The van der Waals surface area contributed by atoms with Crippen molar-refractivity contribution in [2.45, 2.75) is 17.2 Å². The minimum absolute atomic E-state index is 0.0320. The first-order chi connectivity index (χ1) is 11.4. The number of nitrogens with two attached hydrogens (primary N) is 1. The lowest BCUT2D eigenvalue weighted by atomic mass is 9.97. The summed E-state index contributed by atoms with van der Waals surface area (Å²) in [6.45, 7) is 1.46. The largest absolute Gasteiger partial charge is 0.508 e. The van der Waals surface area contributed by atoms with Crippen LogP contribution in [-0.2, 0) is 4.79 Å². The summed E-state index contributed by atoms with van der Waals surface area (Å²) in [7, 11) is 0. The molecule has 4 N–H and O–H groups in total. The van der Waals surface area contributed by atoms with E-state index in [4.69, 9.17) is 10.8 Å². The number of nitriles is 2. The molecular formula is C16H12N4O3S. The average Bonchev–Trinajstić information content (AvgIpc) is 2.55. The molecule has 0 saturated carbocycles. The van der Waals surface area contributed by atoms with E-state index in [2.05, 4.69) is 4.98 Å². The summed E-state index contributed by atoms with van der Waals surface area (Å²) in [5, 5.41) is 36.7. The van der Waals surface area contributed by atoms with Gasteiger partial charge in [0.15, 0.2) is 0 Å². The maximum Gasteiger partial charge on any atom is 0.316 e. The smallest absolute Gasteiger partial charge is 0.316 e. The van der Waals surface area contributed by atoms with Crippen LogP contribution in [0.25, 0.3) is 11.1 Å². The molecule has 1 aromatic heterocycles. The number of phenols is 1. The minimum Gasteiger partial charge on any atom is -0.508 e. The molecule has 8 heteroatoms. The molecule has 120 valence electrons. The van der Waals surface area contributed by atoms with Gasteiger partial charge in [-0.25, -0.2) is 4.98 Å². The summed E-state index contributed by atoms with van der Waals surface area (Å²) in [4.78, 5) is 15.1. The molecule has 0 radical (unpaired) electrons. The van der Waals surface area contributed by atoms with Gasteiger partial charge < -0.3 is 15.9 Å². The number of hydrogen-bond acceptors (Lipinski definition) is 7. The van der Waals surface area contributed by atoms with Gasteiger partial charge in [0.2, 0.25) is 0 Å². The van der Waals surface area contributed by atoms with Gasteiger partial charge in [-0.3, -0.25) is 4.79 Å². The van der Waals surface area contributed by atoms with Crippen LogP contribution in [0.15, 0.2) is 29.3 Å². The molecule has 0 spiro atoms. The summed E-state index contributed by atoms with van der Waals surface area (Å²) in [5.41, 5.74) is 6.70. The zero-order valence-corrected chi connectivity index (χ0v) is 13.3. The fourth-order valence-corrected chi connectivity index (χ4v) is 2.87. The highest BCUT2D eigenvalue weighted by molar-refractivity contribution is 8.00. The maximum atomic E-state index is 11.1. The predicted molar refractivity (Wildman–Crippen MR) is 88.1 cm³/mol. The highest BCUT2D eigenvalue weighted by atomic mass is 32.2. The highest BCUT2D eigenvalue weighted by Crippen LogP contribution is 2.37. The first-order valence-corrected chi connectivity index (χ1v) is 7.59. The van der Waals surface area contributed by atoms with Crippen LogP contribution in [-0.4, -0.2) is 26.4 Å². The number of carboxylic acids is 1. The first-order valence-electron chi connectivity index (χ1n) is 6.71. The molecular weight excluding hydrogens is 328 g/mol. The molecule has 1 atom stereocenters. The Morgan fingerprint density at radius 1 is 1.25 bits per heavy atom. The molecule has 0 aliphatic rings. The molecule has 0 bridgehead atoms. The van der Waals surface area contributed by atoms with Crippen LogP contribution in [0.3, 0.4) is 0 Å². The van der Waals surface area contributed by atoms with E-state index in [9.17, 15) is 20.4 Å². The van der Waals surface area contributed by atoms with E-state index < -0.39 is 11.2 Å². The lowest BCUT2D eigenvalue weighted by molar-refractivity contribution is -0.136. The minimum atomic E-state index is -1.06. The van der Waals surface area contributed by atoms with E-state index in [-0.39, 0.29) is 33.3 Å². The van der Waals surface area contributed by atoms with E-state index in [1.165, 1.54) is 19.1 Å². The Morgan fingerprint density at radius 2 is 1.83 bits per heavy atom. The molecule has 0 aliphatic carbocycles. The number of rotatable bonds is 4. The Hall–Kier alpha value is -3.23. The third kappa shape index (κ3) is 3.24. The molecule has 24 heavy (non-hydrogen) atoms. The van der Waals surface area contributed by atoms with E-state index in [0.717, 1.165) is 11.8 Å². The van der Waals surface area contributed by atoms with E-state index in [1.807, 2.05) is 12.1 Å². The number of phenolic OH excluding ortho intramolecular Hbond substituents is 1. The summed E-state index contributed by atoms with van der Waals surface area (Å²) < 4.78 is 0. The number of nitrogen functional groups attached to an aromatic ring is 1. The quantitative estimate of drug-likeness (QED) is 0.719. The predicted octanol–water partition coefficient (Wildman–Crippen LogP) is 2.34. The number of aliphatic carboxylic acids is 1. The van der Waals surface area contributed by atoms with Crippen molar-refractivity contribution in [2.24, 2.45) is 0 Å². The number of hydrogen-bond donors (Lipinski definition) is 3. The van der Waals surface area contributed by atoms with Gasteiger partial charge in [-0.2, -0.15) is 10.5 Å². The Morgan fingerprint density at radius 3 is 2.33 bits per heavy atom. The lowest BCUT2D eigenvalue weighted by Gasteiger charge is -2.14. The van der Waals surface area contributed by atoms with Crippen molar-refractivity contribution in [1.82, 2.24) is 4.98 Å². The second-order valence-corrected chi connectivity index (χ2v) is 6.13. The van der Waals surface area contributed by atoms with Gasteiger partial charge in [0.1, 0.15) is 39.5 Å². The van der Waals surface area contributed by atoms with Gasteiger partial charge in [-0.05, 0) is 24.6 Å². The molecule has 1 aromatic carbocycles. The van der Waals surface area contributed by atoms with Crippen LogP contribution in [0.4, 0.5) is 5.82 Å². The number of pyridine rings is 1. The second kappa shape index (κ2) is 6.90. The van der Waals surface area contributed by atoms with Crippen molar-refractivity contribution >= 4 is 23.5 Å². The molecule has 1 unspecified atom stereocenters. The fraction of sp³-hybridized carbons (Fsp3) is 0.125. The molecule has 7 nitrogen and oxygen atoms in total. The molecule has 2 rings (SSSR count). The van der Waals surface area contributed by atoms with Crippen molar-refractivity contribution in [3.05, 3.63) is 35.4 Å². The third-order valence-corrected chi connectivity index (χ3v) is 4.28. The lowest BCUT2D eigenvalue weighted by Crippen LogP contribution is -2.13. The molecule has 0 fully saturated rings. The Balaban J connectivity index is 2.74. The number of aromatic hydroxyl groups is 1. The summed E-state index contributed by atoms with van der Waals surface area (Å²) in [6.07, 6.45) is 0. The average molecular weight is 340 g/mol. The van der Waals surface area contributed by atoms with Crippen molar-refractivity contribution < 1.29 is 15.0 Å². The van der Waals surface area contributed by atoms with E-state index in [0.29, 0.717) is 5.56 Å². The molecule has 0 aliphatic heterocycles. The summed E-state index contributed by atoms with van der Waals surface area (Å²) in [6, 6.07) is 9.83. The van der Waals surface area contributed by atoms with Gasteiger partial charge in [0.25, 0.3) is 0 Å². The summed E-state index contributed by atoms with van der Waals surface area (Å²) in [5.74, 6) is -1.11. The number of carbonyl (C=O) groups is 1. The van der Waals surface area contributed by atoms with Crippen LogP contribution >= 0.6 is 11.8 Å². The highest BCUT2D eigenvalue weighted by Gasteiger charge is 2.23. The molecule has 0 saturated heterocycles. The number of carboxylic acid groups (broad SMARTS) is 1. The number of thioether (sulfide) groups is 1. The van der Waals surface area contributed by atoms with Crippen LogP contribution in [0.5, 0.6) is 5.75 Å². The normalized spacial score (nSPS) is 11.3. The van der Waals surface area contributed by atoms with Crippen LogP contribution in [0.1, 0.15) is 18.1 Å². The standard InChI is InChI=1S/C16H12N4O3S/c1-8(16(22)23)24-15-12(7-18)13(11(6-17)14(19)20-15)9-2-4-10(21)5-3-9/h2-5,8,21H,1H3,(H2,19,20)(H,22,23). The number of benzene rings is 1. The molecule has 2 aromatic rings. The Bertz CT molecular complexity index is 882. The van der Waals surface area contributed by atoms with Crippen LogP contribution in [0, 0.1) is 22.7 Å². The zero-order chi connectivity index (χ0) is 17.9. The topological polar surface area (TPSA) is 144 Å². The second-order valence-electron chi connectivity index (χ2n) is 4.80. The maximum absolute atomic E-state index is 11.1. The van der Waals surface area contributed by atoms with Gasteiger partial charge in [0.05, 0.1) is 5.56 Å². The van der Waals surface area contributed by atoms with E-state index >= 15 is 0 Å². The first kappa shape index (κ1) is 17.1. The number of aromatic nitrogens is 1. The van der Waals surface area contributed by atoms with Crippen LogP contribution in [0.2, 0.25) is 0 Å². The fourth-order valence-electron chi connectivity index (χ4n) is 2.02. The third-order valence-electron chi connectivity index (χ3n) is 3.21.